The van der Waals surface area contributed by atoms with Gasteiger partial charge in [-0.25, -0.2) is 0 Å². The Labute approximate surface area is 296 Å². The van der Waals surface area contributed by atoms with Gasteiger partial charge in [-0.15, -0.1) is 11.3 Å². The van der Waals surface area contributed by atoms with Gasteiger partial charge in [0.1, 0.15) is 0 Å². The highest BCUT2D eigenvalue weighted by molar-refractivity contribution is 7.26. The standard InChI is InChI=1S/C48H28N2S/c1-2-11-31(12-3-1)49-40-18-8-7-16-35(40)38-27-29(21-24-42(38)49)30-22-25-43-39(28-30)37-23-26-45-47-46-36(17-10-20-44(46)51-45)33-14-5-4-13-32(33)34-15-6-9-19-41(34)50(43)48(37)47/h1-28H. The first-order valence-electron chi connectivity index (χ1n) is 17.5. The second kappa shape index (κ2) is 10.1. The molecule has 12 aromatic rings. The van der Waals surface area contributed by atoms with E-state index in [4.69, 9.17) is 0 Å². The molecule has 4 heterocycles. The van der Waals surface area contributed by atoms with Crippen LogP contribution >= 0.6 is 11.3 Å². The third kappa shape index (κ3) is 3.65. The van der Waals surface area contributed by atoms with Crippen LogP contribution in [0.3, 0.4) is 0 Å². The lowest BCUT2D eigenvalue weighted by Crippen LogP contribution is -1.92. The van der Waals surface area contributed by atoms with Crippen LogP contribution in [0, 0.1) is 0 Å². The molecule has 0 spiro atoms. The fourth-order valence-electron chi connectivity index (χ4n) is 8.92. The largest absolute Gasteiger partial charge is 0.309 e. The minimum absolute atomic E-state index is 1.18. The molecule has 0 atom stereocenters. The van der Waals surface area contributed by atoms with Gasteiger partial charge in [0.15, 0.2) is 0 Å². The van der Waals surface area contributed by atoms with Gasteiger partial charge in [-0.2, -0.15) is 0 Å². The molecule has 8 aromatic carbocycles. The first-order chi connectivity index (χ1) is 25.3. The van der Waals surface area contributed by atoms with Crippen molar-refractivity contribution in [3.63, 3.8) is 0 Å². The molecule has 0 bridgehead atoms. The summed E-state index contributed by atoms with van der Waals surface area (Å²) in [6.07, 6.45) is 0. The van der Waals surface area contributed by atoms with E-state index in [0.29, 0.717) is 0 Å². The monoisotopic (exact) mass is 664 g/mol. The maximum Gasteiger partial charge on any atom is 0.0634 e. The summed E-state index contributed by atoms with van der Waals surface area (Å²) < 4.78 is 7.59. The average Bonchev–Trinajstić information content (AvgIpc) is 3.85. The van der Waals surface area contributed by atoms with Gasteiger partial charge < -0.3 is 8.97 Å². The van der Waals surface area contributed by atoms with E-state index in [2.05, 4.69) is 179 Å². The Hall–Kier alpha value is -6.42. The summed E-state index contributed by atoms with van der Waals surface area (Å²) in [4.78, 5) is 0. The zero-order valence-electron chi connectivity index (χ0n) is 27.5. The lowest BCUT2D eigenvalue weighted by molar-refractivity contribution is 1.18. The summed E-state index contributed by atoms with van der Waals surface area (Å²) in [7, 11) is 0. The quantitative estimate of drug-likeness (QED) is 0.174. The molecule has 0 N–H and O–H groups in total. The number of hydrogen-bond donors (Lipinski definition) is 0. The van der Waals surface area contributed by atoms with Crippen LogP contribution in [0.15, 0.2) is 170 Å². The number of thiophene rings is 1. The van der Waals surface area contributed by atoms with Gasteiger partial charge in [-0.1, -0.05) is 109 Å². The minimum Gasteiger partial charge on any atom is -0.309 e. The molecule has 12 rings (SSSR count). The summed E-state index contributed by atoms with van der Waals surface area (Å²) in [5, 5.41) is 12.9. The third-order valence-electron chi connectivity index (χ3n) is 11.1. The summed E-state index contributed by atoms with van der Waals surface area (Å²) >= 11 is 1.90. The van der Waals surface area contributed by atoms with Crippen molar-refractivity contribution >= 4 is 102 Å². The molecular weight excluding hydrogens is 637 g/mol. The fraction of sp³-hybridized carbons (Fsp3) is 0. The van der Waals surface area contributed by atoms with Crippen LogP contribution in [0.2, 0.25) is 0 Å². The lowest BCUT2D eigenvalue weighted by Gasteiger charge is -2.08. The molecular formula is C48H28N2S. The molecule has 236 valence electrons. The number of nitrogens with zero attached hydrogens (tertiary/aromatic N) is 2. The third-order valence-corrected chi connectivity index (χ3v) is 12.2. The highest BCUT2D eigenvalue weighted by Crippen LogP contribution is 2.46. The Morgan fingerprint density at radius 1 is 0.333 bits per heavy atom. The Morgan fingerprint density at radius 2 is 0.882 bits per heavy atom. The van der Waals surface area contributed by atoms with Crippen LogP contribution in [0.5, 0.6) is 0 Å². The van der Waals surface area contributed by atoms with E-state index in [1.807, 2.05) is 11.3 Å². The van der Waals surface area contributed by atoms with Crippen LogP contribution < -0.4 is 0 Å². The molecule has 0 fully saturated rings. The molecule has 4 aromatic heterocycles. The molecule has 0 aliphatic heterocycles. The fourth-order valence-corrected chi connectivity index (χ4v) is 10.1. The molecule has 2 nitrogen and oxygen atoms in total. The van der Waals surface area contributed by atoms with Crippen LogP contribution in [-0.4, -0.2) is 8.97 Å². The lowest BCUT2D eigenvalue weighted by atomic mass is 9.99. The van der Waals surface area contributed by atoms with E-state index < -0.39 is 0 Å². The topological polar surface area (TPSA) is 9.34 Å². The number of benzene rings is 8. The number of para-hydroxylation sites is 3. The van der Waals surface area contributed by atoms with Crippen molar-refractivity contribution in [1.82, 2.24) is 8.97 Å². The molecule has 0 aliphatic carbocycles. The SMILES string of the molecule is c1ccc(-n2c3ccccc3c3cc(-c4ccc5c(c4)c4ccc6sc7cccc8c9ccccc9c9ccccc9n5c4c6c78)ccc32)cc1. The second-order valence-electron chi connectivity index (χ2n) is 13.7. The Kier molecular flexibility index (Phi) is 5.41. The van der Waals surface area contributed by atoms with Gasteiger partial charge in [0.2, 0.25) is 0 Å². The van der Waals surface area contributed by atoms with Crippen LogP contribution in [0.25, 0.3) is 108 Å². The Morgan fingerprint density at radius 3 is 1.67 bits per heavy atom. The predicted octanol–water partition coefficient (Wildman–Crippen LogP) is 13.7. The number of hydrogen-bond acceptors (Lipinski definition) is 1. The molecule has 0 radical (unpaired) electrons. The van der Waals surface area contributed by atoms with Gasteiger partial charge in [-0.05, 0) is 87.9 Å². The van der Waals surface area contributed by atoms with E-state index in [-0.39, 0.29) is 0 Å². The Balaban J connectivity index is 1.21. The van der Waals surface area contributed by atoms with Crippen molar-refractivity contribution < 1.29 is 0 Å². The van der Waals surface area contributed by atoms with Gasteiger partial charge in [0.05, 0.1) is 27.6 Å². The molecule has 0 saturated carbocycles. The number of fused-ring (bicyclic) bond motifs is 11. The molecule has 0 amide bonds. The van der Waals surface area contributed by atoms with Gasteiger partial charge >= 0.3 is 0 Å². The molecule has 51 heavy (non-hydrogen) atoms. The highest BCUT2D eigenvalue weighted by atomic mass is 32.1. The van der Waals surface area contributed by atoms with Gasteiger partial charge in [0, 0.05) is 52.8 Å². The smallest absolute Gasteiger partial charge is 0.0634 e. The van der Waals surface area contributed by atoms with E-state index in [9.17, 15) is 0 Å². The Bertz CT molecular complexity index is 3400. The van der Waals surface area contributed by atoms with Gasteiger partial charge in [-0.3, -0.25) is 0 Å². The van der Waals surface area contributed by atoms with Crippen LogP contribution in [0.4, 0.5) is 0 Å². The summed E-state index contributed by atoms with van der Waals surface area (Å²) in [5.41, 5.74) is 9.80. The molecule has 0 aliphatic rings. The van der Waals surface area contributed by atoms with Crippen LogP contribution in [0.1, 0.15) is 0 Å². The molecule has 0 unspecified atom stereocenters. The van der Waals surface area contributed by atoms with Crippen molar-refractivity contribution in [2.24, 2.45) is 0 Å². The van der Waals surface area contributed by atoms with E-state index in [0.717, 1.165) is 0 Å². The minimum atomic E-state index is 1.18. The summed E-state index contributed by atoms with van der Waals surface area (Å²) in [5.74, 6) is 0. The predicted molar refractivity (Wildman–Crippen MR) is 220 cm³/mol. The van der Waals surface area contributed by atoms with Crippen molar-refractivity contribution in [2.75, 3.05) is 0 Å². The van der Waals surface area contributed by atoms with Crippen molar-refractivity contribution in [3.05, 3.63) is 170 Å². The van der Waals surface area contributed by atoms with Crippen molar-refractivity contribution in [3.8, 4) is 16.8 Å². The maximum absolute atomic E-state index is 2.55. The molecule has 3 heteroatoms. The molecule has 0 saturated heterocycles. The van der Waals surface area contributed by atoms with Crippen molar-refractivity contribution in [1.29, 1.82) is 0 Å². The normalized spacial score (nSPS) is 12.3. The highest BCUT2D eigenvalue weighted by Gasteiger charge is 2.20. The first kappa shape index (κ1) is 27.4. The van der Waals surface area contributed by atoms with E-state index >= 15 is 0 Å². The van der Waals surface area contributed by atoms with E-state index in [1.54, 1.807) is 0 Å². The van der Waals surface area contributed by atoms with Crippen molar-refractivity contribution in [2.45, 2.75) is 0 Å². The first-order valence-corrected chi connectivity index (χ1v) is 18.3. The zero-order valence-corrected chi connectivity index (χ0v) is 28.3. The van der Waals surface area contributed by atoms with Crippen LogP contribution in [-0.2, 0) is 0 Å². The maximum atomic E-state index is 2.55. The summed E-state index contributed by atoms with van der Waals surface area (Å²) in [6.45, 7) is 0. The summed E-state index contributed by atoms with van der Waals surface area (Å²) in [6, 6.07) is 63.0. The zero-order chi connectivity index (χ0) is 33.2. The average molecular weight is 665 g/mol. The number of rotatable bonds is 2. The second-order valence-corrected chi connectivity index (χ2v) is 14.7. The number of aromatic nitrogens is 2. The van der Waals surface area contributed by atoms with Gasteiger partial charge in [0.25, 0.3) is 0 Å². The van der Waals surface area contributed by atoms with E-state index in [1.165, 1.54) is 108 Å².